The minimum Gasteiger partial charge on any atom is -0.443 e. The van der Waals surface area contributed by atoms with Crippen LogP contribution in [0.1, 0.15) is 0 Å². The summed E-state index contributed by atoms with van der Waals surface area (Å²) in [7, 11) is 0. The van der Waals surface area contributed by atoms with Gasteiger partial charge < -0.3 is 4.42 Å². The van der Waals surface area contributed by atoms with E-state index >= 15 is 0 Å². The number of hydrogen-bond acceptors (Lipinski definition) is 4. The summed E-state index contributed by atoms with van der Waals surface area (Å²) in [6.45, 7) is 0. The van der Waals surface area contributed by atoms with E-state index in [1.807, 2.05) is 23.6 Å². The van der Waals surface area contributed by atoms with Gasteiger partial charge in [-0.05, 0) is 12.1 Å². The van der Waals surface area contributed by atoms with Crippen molar-refractivity contribution in [1.82, 2.24) is 9.97 Å². The highest BCUT2D eigenvalue weighted by Crippen LogP contribution is 2.26. The molecule has 2 aromatic heterocycles. The molecule has 1 aromatic carbocycles. The number of halogens is 1. The van der Waals surface area contributed by atoms with E-state index in [4.69, 9.17) is 16.0 Å². The summed E-state index contributed by atoms with van der Waals surface area (Å²) in [5, 5.41) is 1.92. The molecule has 3 rings (SSSR count). The monoisotopic (exact) mass is 236 g/mol. The molecule has 0 radical (unpaired) electrons. The molecule has 0 aliphatic rings. The minimum absolute atomic E-state index is 0.544. The molecule has 0 N–H and O–H groups in total. The van der Waals surface area contributed by atoms with Gasteiger partial charge in [-0.15, -0.1) is 11.3 Å². The van der Waals surface area contributed by atoms with Crippen molar-refractivity contribution in [3.05, 3.63) is 34.4 Å². The number of rotatable bonds is 1. The maximum absolute atomic E-state index is 5.78. The van der Waals surface area contributed by atoms with Crippen LogP contribution in [0.5, 0.6) is 0 Å². The lowest BCUT2D eigenvalue weighted by molar-refractivity contribution is 0.602. The fourth-order valence-corrected chi connectivity index (χ4v) is 2.17. The molecule has 0 aliphatic heterocycles. The minimum atomic E-state index is 0.544. The third-order valence-electron chi connectivity index (χ3n) is 2.10. The lowest BCUT2D eigenvalue weighted by Crippen LogP contribution is -1.76. The van der Waals surface area contributed by atoms with Gasteiger partial charge in [-0.2, -0.15) is 0 Å². The number of hydrogen-bond donors (Lipinski definition) is 0. The van der Waals surface area contributed by atoms with Gasteiger partial charge in [0.15, 0.2) is 16.4 Å². The van der Waals surface area contributed by atoms with Gasteiger partial charge in [0.1, 0.15) is 5.52 Å². The fraction of sp³-hybridized carbons (Fsp3) is 0. The van der Waals surface area contributed by atoms with Crippen LogP contribution in [0.4, 0.5) is 0 Å². The second-order valence-electron chi connectivity index (χ2n) is 3.02. The van der Waals surface area contributed by atoms with E-state index in [0.717, 1.165) is 22.4 Å². The Morgan fingerprint density at radius 3 is 3.07 bits per heavy atom. The van der Waals surface area contributed by atoms with Crippen LogP contribution in [-0.4, -0.2) is 9.97 Å². The molecule has 15 heavy (non-hydrogen) atoms. The van der Waals surface area contributed by atoms with E-state index in [9.17, 15) is 0 Å². The fourth-order valence-electron chi connectivity index (χ4n) is 1.40. The molecule has 0 amide bonds. The third kappa shape index (κ3) is 1.52. The van der Waals surface area contributed by atoms with Gasteiger partial charge >= 0.3 is 0 Å². The number of oxazole rings is 1. The van der Waals surface area contributed by atoms with Crippen molar-refractivity contribution >= 4 is 34.0 Å². The summed E-state index contributed by atoms with van der Waals surface area (Å²) in [5.41, 5.74) is 3.46. The van der Waals surface area contributed by atoms with E-state index in [-0.39, 0.29) is 0 Å². The first-order chi connectivity index (χ1) is 7.33. The molecule has 3 aromatic rings. The van der Waals surface area contributed by atoms with Crippen LogP contribution in [-0.2, 0) is 0 Å². The highest BCUT2D eigenvalue weighted by Gasteiger charge is 2.05. The first kappa shape index (κ1) is 8.88. The molecule has 0 fully saturated rings. The summed E-state index contributed by atoms with van der Waals surface area (Å²) in [5.74, 6) is 0. The number of benzene rings is 1. The average Bonchev–Trinajstić information content (AvgIpc) is 2.84. The van der Waals surface area contributed by atoms with Crippen LogP contribution in [0.2, 0.25) is 4.47 Å². The standard InChI is InChI=1S/C10H5ClN2OS/c11-10-13-8(4-15-10)6-1-2-7-9(3-6)14-5-12-7/h1-5H. The molecule has 5 heteroatoms. The predicted octanol–water partition coefficient (Wildman–Crippen LogP) is 3.60. The summed E-state index contributed by atoms with van der Waals surface area (Å²) >= 11 is 7.19. The van der Waals surface area contributed by atoms with Gasteiger partial charge in [-0.25, -0.2) is 9.97 Å². The van der Waals surface area contributed by atoms with Crippen molar-refractivity contribution in [3.8, 4) is 11.3 Å². The molecule has 0 atom stereocenters. The summed E-state index contributed by atoms with van der Waals surface area (Å²) < 4.78 is 5.76. The van der Waals surface area contributed by atoms with Gasteiger partial charge in [0.05, 0.1) is 5.69 Å². The van der Waals surface area contributed by atoms with Crippen LogP contribution < -0.4 is 0 Å². The Bertz CT molecular complexity index is 616. The Morgan fingerprint density at radius 1 is 1.33 bits per heavy atom. The zero-order valence-electron chi connectivity index (χ0n) is 7.48. The zero-order chi connectivity index (χ0) is 10.3. The van der Waals surface area contributed by atoms with Gasteiger partial charge in [-0.3, -0.25) is 0 Å². The van der Waals surface area contributed by atoms with E-state index in [1.54, 1.807) is 0 Å². The van der Waals surface area contributed by atoms with Crippen LogP contribution >= 0.6 is 22.9 Å². The van der Waals surface area contributed by atoms with Crippen molar-refractivity contribution in [1.29, 1.82) is 0 Å². The molecule has 0 spiro atoms. The smallest absolute Gasteiger partial charge is 0.184 e. The van der Waals surface area contributed by atoms with Gasteiger partial charge in [0.25, 0.3) is 0 Å². The van der Waals surface area contributed by atoms with Crippen molar-refractivity contribution in [2.45, 2.75) is 0 Å². The Balaban J connectivity index is 2.18. The van der Waals surface area contributed by atoms with E-state index in [2.05, 4.69) is 9.97 Å². The third-order valence-corrected chi connectivity index (χ3v) is 3.08. The quantitative estimate of drug-likeness (QED) is 0.648. The zero-order valence-corrected chi connectivity index (χ0v) is 9.05. The van der Waals surface area contributed by atoms with Crippen LogP contribution in [0.25, 0.3) is 22.4 Å². The highest BCUT2D eigenvalue weighted by atomic mass is 35.5. The summed E-state index contributed by atoms with van der Waals surface area (Å²) in [6, 6.07) is 5.77. The lowest BCUT2D eigenvalue weighted by atomic mass is 10.1. The average molecular weight is 237 g/mol. The molecule has 2 heterocycles. The SMILES string of the molecule is Clc1nc(-c2ccc3ncoc3c2)cs1. The molecule has 0 saturated heterocycles. The van der Waals surface area contributed by atoms with E-state index < -0.39 is 0 Å². The molecule has 3 nitrogen and oxygen atoms in total. The molecule has 0 unspecified atom stereocenters. The Morgan fingerprint density at radius 2 is 2.27 bits per heavy atom. The first-order valence-electron chi connectivity index (χ1n) is 4.27. The number of thiazole rings is 1. The molecule has 0 bridgehead atoms. The molecular weight excluding hydrogens is 232 g/mol. The Labute approximate surface area is 94.3 Å². The summed E-state index contributed by atoms with van der Waals surface area (Å²) in [4.78, 5) is 8.24. The molecular formula is C10H5ClN2OS. The Hall–Kier alpha value is -1.39. The maximum Gasteiger partial charge on any atom is 0.184 e. The second-order valence-corrected chi connectivity index (χ2v) is 4.46. The van der Waals surface area contributed by atoms with Crippen LogP contribution in [0.15, 0.2) is 34.4 Å². The van der Waals surface area contributed by atoms with Crippen molar-refractivity contribution in [2.24, 2.45) is 0 Å². The highest BCUT2D eigenvalue weighted by molar-refractivity contribution is 7.14. The maximum atomic E-state index is 5.78. The summed E-state index contributed by atoms with van der Waals surface area (Å²) in [6.07, 6.45) is 1.43. The van der Waals surface area contributed by atoms with Crippen molar-refractivity contribution in [3.63, 3.8) is 0 Å². The van der Waals surface area contributed by atoms with E-state index in [0.29, 0.717) is 4.47 Å². The van der Waals surface area contributed by atoms with Gasteiger partial charge in [-0.1, -0.05) is 17.7 Å². The lowest BCUT2D eigenvalue weighted by Gasteiger charge is -1.94. The second kappa shape index (κ2) is 3.32. The number of nitrogens with zero attached hydrogens (tertiary/aromatic N) is 2. The van der Waals surface area contributed by atoms with Gasteiger partial charge in [0.2, 0.25) is 0 Å². The number of fused-ring (bicyclic) bond motifs is 1. The van der Waals surface area contributed by atoms with Crippen molar-refractivity contribution < 1.29 is 4.42 Å². The first-order valence-corrected chi connectivity index (χ1v) is 5.53. The molecule has 74 valence electrons. The number of aromatic nitrogens is 2. The predicted molar refractivity (Wildman–Crippen MR) is 60.1 cm³/mol. The van der Waals surface area contributed by atoms with Crippen LogP contribution in [0.3, 0.4) is 0 Å². The Kier molecular flexibility index (Phi) is 1.97. The molecule has 0 aliphatic carbocycles. The normalized spacial score (nSPS) is 11.0. The molecule has 0 saturated carbocycles. The van der Waals surface area contributed by atoms with E-state index in [1.165, 1.54) is 17.7 Å². The van der Waals surface area contributed by atoms with Crippen molar-refractivity contribution in [2.75, 3.05) is 0 Å². The van der Waals surface area contributed by atoms with Crippen LogP contribution in [0, 0.1) is 0 Å². The topological polar surface area (TPSA) is 38.9 Å². The van der Waals surface area contributed by atoms with Gasteiger partial charge in [0, 0.05) is 10.9 Å². The largest absolute Gasteiger partial charge is 0.443 e.